The normalized spacial score (nSPS) is 12.3. The molecule has 1 radical (unpaired) electrons. The van der Waals surface area contributed by atoms with Gasteiger partial charge in [-0.3, -0.25) is 0 Å². The van der Waals surface area contributed by atoms with Crippen LogP contribution in [0.25, 0.3) is 0 Å². The Labute approximate surface area is 117 Å². The van der Waals surface area contributed by atoms with Gasteiger partial charge in [-0.1, -0.05) is 53.7 Å². The van der Waals surface area contributed by atoms with Crippen molar-refractivity contribution in [2.45, 2.75) is 65.2 Å². The highest BCUT2D eigenvalue weighted by Gasteiger charge is 2.26. The quantitative estimate of drug-likeness (QED) is 0.753. The van der Waals surface area contributed by atoms with E-state index in [2.05, 4.69) is 47.6 Å². The largest absolute Gasteiger partial charge is 0.423 e. The van der Waals surface area contributed by atoms with Crippen molar-refractivity contribution < 1.29 is 9.53 Å². The van der Waals surface area contributed by atoms with E-state index in [1.54, 1.807) is 6.47 Å². The molecule has 0 atom stereocenters. The molecule has 0 saturated carbocycles. The third kappa shape index (κ3) is 3.37. The molecule has 0 spiro atoms. The topological polar surface area (TPSA) is 26.3 Å². The monoisotopic (exact) mass is 261 g/mol. The second-order valence-corrected chi connectivity index (χ2v) is 6.37. The van der Waals surface area contributed by atoms with Crippen molar-refractivity contribution in [3.63, 3.8) is 0 Å². The number of hydrogen-bond acceptors (Lipinski definition) is 2. The summed E-state index contributed by atoms with van der Waals surface area (Å²) in [6.45, 7) is 14.7. The maximum atomic E-state index is 10.5. The van der Waals surface area contributed by atoms with Crippen molar-refractivity contribution in [2.24, 2.45) is 0 Å². The Hall–Kier alpha value is -1.31. The summed E-state index contributed by atoms with van der Waals surface area (Å²) in [5.41, 5.74) is 2.47. The Morgan fingerprint density at radius 2 is 1.63 bits per heavy atom. The van der Waals surface area contributed by atoms with Crippen LogP contribution in [0.3, 0.4) is 0 Å². The summed E-state index contributed by atoms with van der Waals surface area (Å²) in [5.74, 6) is 0.623. The fourth-order valence-corrected chi connectivity index (χ4v) is 2.01. The van der Waals surface area contributed by atoms with Gasteiger partial charge in [0, 0.05) is 5.56 Å². The van der Waals surface area contributed by atoms with Gasteiger partial charge in [0.05, 0.1) is 0 Å². The van der Waals surface area contributed by atoms with E-state index < -0.39 is 0 Å². The first kappa shape index (κ1) is 15.7. The summed E-state index contributed by atoms with van der Waals surface area (Å²) in [5, 5.41) is 0. The zero-order chi connectivity index (χ0) is 14.7. The van der Waals surface area contributed by atoms with E-state index in [1.165, 1.54) is 5.56 Å². The van der Waals surface area contributed by atoms with Crippen LogP contribution in [0.1, 0.15) is 65.5 Å². The number of carbonyl (C=O) groups excluding carboxylic acids is 1. The van der Waals surface area contributed by atoms with Crippen molar-refractivity contribution in [2.75, 3.05) is 0 Å². The molecule has 0 aliphatic heterocycles. The van der Waals surface area contributed by atoms with Crippen molar-refractivity contribution >= 4 is 6.47 Å². The van der Waals surface area contributed by atoms with Crippen LogP contribution in [-0.2, 0) is 15.6 Å². The van der Waals surface area contributed by atoms with Crippen LogP contribution in [0, 0.1) is 0 Å². The molecule has 1 rings (SSSR count). The van der Waals surface area contributed by atoms with Crippen LogP contribution in [0.2, 0.25) is 0 Å². The lowest BCUT2D eigenvalue weighted by molar-refractivity contribution is 0.420. The maximum absolute atomic E-state index is 10.5. The number of ether oxygens (including phenoxy) is 1. The van der Waals surface area contributed by atoms with E-state index >= 15 is 0 Å². The molecule has 0 saturated heterocycles. The molecule has 0 aliphatic rings. The molecule has 0 heterocycles. The average Bonchev–Trinajstić information content (AvgIpc) is 2.39. The Kier molecular flexibility index (Phi) is 4.78. The SMILES string of the molecule is CCC(C)(C)c1ccc(O[C]=O)c(C(C)(C)CC)c1. The predicted molar refractivity (Wildman–Crippen MR) is 79.4 cm³/mol. The Morgan fingerprint density at radius 3 is 2.11 bits per heavy atom. The highest BCUT2D eigenvalue weighted by atomic mass is 16.5. The van der Waals surface area contributed by atoms with Gasteiger partial charge >= 0.3 is 6.47 Å². The van der Waals surface area contributed by atoms with E-state index in [9.17, 15) is 4.79 Å². The van der Waals surface area contributed by atoms with E-state index in [1.807, 2.05) is 12.1 Å². The molecule has 1 aromatic rings. The average molecular weight is 261 g/mol. The first-order valence-corrected chi connectivity index (χ1v) is 6.97. The molecular formula is C17H25O2. The minimum absolute atomic E-state index is 0.0218. The molecule has 0 aromatic heterocycles. The lowest BCUT2D eigenvalue weighted by atomic mass is 9.76. The summed E-state index contributed by atoms with van der Waals surface area (Å²) in [6.07, 6.45) is 2.05. The molecule has 2 heteroatoms. The molecule has 1 aromatic carbocycles. The molecule has 105 valence electrons. The van der Waals surface area contributed by atoms with Gasteiger partial charge in [-0.25, -0.2) is 4.79 Å². The van der Waals surface area contributed by atoms with E-state index in [-0.39, 0.29) is 10.8 Å². The number of hydrogen-bond donors (Lipinski definition) is 0. The van der Waals surface area contributed by atoms with Gasteiger partial charge in [-0.2, -0.15) is 0 Å². The van der Waals surface area contributed by atoms with E-state index in [4.69, 9.17) is 4.74 Å². The Balaban J connectivity index is 3.38. The van der Waals surface area contributed by atoms with Crippen molar-refractivity contribution in [1.82, 2.24) is 0 Å². The highest BCUT2D eigenvalue weighted by molar-refractivity contribution is 5.52. The van der Waals surface area contributed by atoms with E-state index in [0.717, 1.165) is 18.4 Å². The minimum Gasteiger partial charge on any atom is -0.418 e. The van der Waals surface area contributed by atoms with Gasteiger partial charge < -0.3 is 4.74 Å². The second-order valence-electron chi connectivity index (χ2n) is 6.37. The molecule has 0 amide bonds. The Bertz CT molecular complexity index is 445. The Morgan fingerprint density at radius 1 is 1.05 bits per heavy atom. The molecule has 19 heavy (non-hydrogen) atoms. The second kappa shape index (κ2) is 5.77. The van der Waals surface area contributed by atoms with Gasteiger partial charge in [0.1, 0.15) is 5.75 Å². The molecule has 0 N–H and O–H groups in total. The van der Waals surface area contributed by atoms with Gasteiger partial charge in [0.15, 0.2) is 0 Å². The summed E-state index contributed by atoms with van der Waals surface area (Å²) in [6, 6.07) is 6.12. The molecule has 0 unspecified atom stereocenters. The fraction of sp³-hybridized carbons (Fsp3) is 0.588. The molecule has 0 bridgehead atoms. The maximum Gasteiger partial charge on any atom is 0.423 e. The summed E-state index contributed by atoms with van der Waals surface area (Å²) < 4.78 is 5.02. The van der Waals surface area contributed by atoms with Crippen molar-refractivity contribution in [3.8, 4) is 5.75 Å². The molecule has 2 nitrogen and oxygen atoms in total. The van der Waals surface area contributed by atoms with Crippen LogP contribution in [0.15, 0.2) is 18.2 Å². The third-order valence-electron chi connectivity index (χ3n) is 4.41. The molecular weight excluding hydrogens is 236 g/mol. The van der Waals surface area contributed by atoms with Gasteiger partial charge in [-0.15, -0.1) is 0 Å². The van der Waals surface area contributed by atoms with Gasteiger partial charge in [0.25, 0.3) is 0 Å². The zero-order valence-electron chi connectivity index (χ0n) is 13.0. The summed E-state index contributed by atoms with van der Waals surface area (Å²) in [4.78, 5) is 10.5. The highest BCUT2D eigenvalue weighted by Crippen LogP contribution is 2.38. The summed E-state index contributed by atoms with van der Waals surface area (Å²) in [7, 11) is 0. The standard InChI is InChI=1S/C17H25O2/c1-7-16(3,4)13-9-10-15(19-12-18)14(11-13)17(5,6)8-2/h9-11H,7-8H2,1-6H3. The lowest BCUT2D eigenvalue weighted by Crippen LogP contribution is -2.21. The third-order valence-corrected chi connectivity index (χ3v) is 4.41. The number of rotatable bonds is 6. The van der Waals surface area contributed by atoms with Gasteiger partial charge in [0.2, 0.25) is 0 Å². The van der Waals surface area contributed by atoms with Crippen LogP contribution in [-0.4, -0.2) is 6.47 Å². The van der Waals surface area contributed by atoms with Crippen LogP contribution in [0.4, 0.5) is 0 Å². The first-order chi connectivity index (χ1) is 8.78. The van der Waals surface area contributed by atoms with Crippen LogP contribution >= 0.6 is 0 Å². The van der Waals surface area contributed by atoms with Crippen molar-refractivity contribution in [1.29, 1.82) is 0 Å². The van der Waals surface area contributed by atoms with E-state index in [0.29, 0.717) is 5.75 Å². The summed E-state index contributed by atoms with van der Waals surface area (Å²) >= 11 is 0. The fourth-order valence-electron chi connectivity index (χ4n) is 2.01. The molecule has 0 aliphatic carbocycles. The smallest absolute Gasteiger partial charge is 0.418 e. The van der Waals surface area contributed by atoms with Gasteiger partial charge in [-0.05, 0) is 35.3 Å². The van der Waals surface area contributed by atoms with Crippen LogP contribution < -0.4 is 4.74 Å². The minimum atomic E-state index is -0.0218. The molecule has 0 fully saturated rings. The first-order valence-electron chi connectivity index (χ1n) is 6.97. The lowest BCUT2D eigenvalue weighted by Gasteiger charge is -2.29. The van der Waals surface area contributed by atoms with Crippen molar-refractivity contribution in [3.05, 3.63) is 29.3 Å². The predicted octanol–water partition coefficient (Wildman–Crippen LogP) is 4.51. The van der Waals surface area contributed by atoms with Crippen LogP contribution in [0.5, 0.6) is 5.75 Å². The number of benzene rings is 1. The zero-order valence-corrected chi connectivity index (χ0v) is 13.0.